The summed E-state index contributed by atoms with van der Waals surface area (Å²) in [5.41, 5.74) is 0.285. The second-order valence-corrected chi connectivity index (χ2v) is 4.51. The Morgan fingerprint density at radius 1 is 1.27 bits per heavy atom. The third-order valence-corrected chi connectivity index (χ3v) is 3.41. The monoisotopic (exact) mass is 213 g/mol. The van der Waals surface area contributed by atoms with Crippen LogP contribution < -0.4 is 0 Å². The number of unbranched alkanes of at least 4 members (excludes halogenated alkanes) is 1. The average molecular weight is 213 g/mol. The molecule has 90 valence electrons. The van der Waals surface area contributed by atoms with Gasteiger partial charge >= 0.3 is 0 Å². The van der Waals surface area contributed by atoms with Crippen molar-refractivity contribution in [3.8, 4) is 0 Å². The predicted molar refractivity (Wildman–Crippen MR) is 65.2 cm³/mol. The van der Waals surface area contributed by atoms with E-state index in [0.717, 1.165) is 6.61 Å². The highest BCUT2D eigenvalue weighted by atomic mass is 16.5. The van der Waals surface area contributed by atoms with Crippen molar-refractivity contribution in [2.45, 2.75) is 58.5 Å². The molecule has 1 spiro atoms. The molecule has 0 bridgehead atoms. The molecule has 0 radical (unpaired) electrons. The lowest BCUT2D eigenvalue weighted by molar-refractivity contribution is 0.0127. The molecule has 2 fully saturated rings. The first-order valence-electron chi connectivity index (χ1n) is 6.71. The first-order chi connectivity index (χ1) is 7.35. The zero-order chi connectivity index (χ0) is 11.1. The van der Waals surface area contributed by atoms with Gasteiger partial charge in [-0.05, 0) is 32.2 Å². The predicted octanol–water partition coefficient (Wildman–Crippen LogP) is 3.07. The van der Waals surface area contributed by atoms with E-state index < -0.39 is 0 Å². The van der Waals surface area contributed by atoms with E-state index in [1.165, 1.54) is 51.7 Å². The number of ether oxygens (including phenoxy) is 1. The molecule has 2 rings (SSSR count). The maximum absolute atomic E-state index is 5.87. The first kappa shape index (κ1) is 13.0. The van der Waals surface area contributed by atoms with Crippen molar-refractivity contribution in [2.75, 3.05) is 26.2 Å². The highest BCUT2D eigenvalue weighted by Crippen LogP contribution is 2.34. The van der Waals surface area contributed by atoms with Gasteiger partial charge < -0.3 is 9.64 Å². The van der Waals surface area contributed by atoms with Gasteiger partial charge in [0.25, 0.3) is 0 Å². The fourth-order valence-corrected chi connectivity index (χ4v) is 2.58. The highest BCUT2D eigenvalue weighted by Gasteiger charge is 2.41. The van der Waals surface area contributed by atoms with Gasteiger partial charge in [0.2, 0.25) is 0 Å². The lowest BCUT2D eigenvalue weighted by Crippen LogP contribution is -2.32. The molecule has 2 heteroatoms. The fraction of sp³-hybridized carbons (Fsp3) is 1.00. The maximum atomic E-state index is 5.87. The Labute approximate surface area is 95.0 Å². The standard InChI is InChI=1S/C11H21NO.C2H6/c1-2-3-7-12-8-6-11(10-12)5-4-9-13-11;1-2/h2-10H2,1H3;1-2H3. The summed E-state index contributed by atoms with van der Waals surface area (Å²) in [5, 5.41) is 0. The lowest BCUT2D eigenvalue weighted by Gasteiger charge is -2.23. The normalized spacial score (nSPS) is 30.6. The van der Waals surface area contributed by atoms with E-state index in [-0.39, 0.29) is 5.60 Å². The van der Waals surface area contributed by atoms with E-state index >= 15 is 0 Å². The molecule has 15 heavy (non-hydrogen) atoms. The summed E-state index contributed by atoms with van der Waals surface area (Å²) in [6.45, 7) is 11.0. The van der Waals surface area contributed by atoms with Crippen molar-refractivity contribution in [3.05, 3.63) is 0 Å². The van der Waals surface area contributed by atoms with E-state index in [1.807, 2.05) is 13.8 Å². The molecule has 0 aromatic carbocycles. The number of nitrogens with zero attached hydrogens (tertiary/aromatic N) is 1. The highest BCUT2D eigenvalue weighted by molar-refractivity contribution is 4.94. The molecule has 0 aromatic rings. The molecule has 1 unspecified atom stereocenters. The summed E-state index contributed by atoms with van der Waals surface area (Å²) in [6, 6.07) is 0. The average Bonchev–Trinajstić information content (AvgIpc) is 2.90. The van der Waals surface area contributed by atoms with Gasteiger partial charge in [0, 0.05) is 19.7 Å². The molecule has 0 aromatic heterocycles. The Bertz CT molecular complexity index is 164. The first-order valence-corrected chi connectivity index (χ1v) is 6.71. The zero-order valence-electron chi connectivity index (χ0n) is 10.7. The van der Waals surface area contributed by atoms with Crippen LogP contribution in [0.2, 0.25) is 0 Å². The molecule has 2 aliphatic heterocycles. The molecule has 0 amide bonds. The molecule has 1 atom stereocenters. The lowest BCUT2D eigenvalue weighted by atomic mass is 10.00. The molecule has 2 aliphatic rings. The van der Waals surface area contributed by atoms with Gasteiger partial charge in [-0.3, -0.25) is 0 Å². The van der Waals surface area contributed by atoms with Crippen molar-refractivity contribution >= 4 is 0 Å². The number of hydrogen-bond donors (Lipinski definition) is 0. The summed E-state index contributed by atoms with van der Waals surface area (Å²) < 4.78 is 5.87. The van der Waals surface area contributed by atoms with Gasteiger partial charge in [-0.1, -0.05) is 27.2 Å². The summed E-state index contributed by atoms with van der Waals surface area (Å²) in [5.74, 6) is 0. The zero-order valence-corrected chi connectivity index (χ0v) is 10.7. The van der Waals surface area contributed by atoms with Crippen molar-refractivity contribution in [1.29, 1.82) is 0 Å². The SMILES string of the molecule is CC.CCCCN1CCC2(CCCO2)C1. The van der Waals surface area contributed by atoms with Crippen LogP contribution in [-0.2, 0) is 4.74 Å². The number of hydrogen-bond acceptors (Lipinski definition) is 2. The Morgan fingerprint density at radius 3 is 2.67 bits per heavy atom. The number of likely N-dealkylation sites (tertiary alicyclic amines) is 1. The molecule has 0 saturated carbocycles. The molecule has 2 heterocycles. The number of rotatable bonds is 3. The van der Waals surface area contributed by atoms with Gasteiger partial charge in [-0.15, -0.1) is 0 Å². The van der Waals surface area contributed by atoms with E-state index in [0.29, 0.717) is 0 Å². The van der Waals surface area contributed by atoms with E-state index in [2.05, 4.69) is 11.8 Å². The molecular weight excluding hydrogens is 186 g/mol. The quantitative estimate of drug-likeness (QED) is 0.714. The van der Waals surface area contributed by atoms with Crippen LogP contribution in [0.3, 0.4) is 0 Å². The molecule has 0 N–H and O–H groups in total. The summed E-state index contributed by atoms with van der Waals surface area (Å²) >= 11 is 0. The fourth-order valence-electron chi connectivity index (χ4n) is 2.58. The van der Waals surface area contributed by atoms with Crippen LogP contribution in [-0.4, -0.2) is 36.7 Å². The molecular formula is C13H27NO. The summed E-state index contributed by atoms with van der Waals surface area (Å²) in [4.78, 5) is 2.58. The Kier molecular flexibility index (Phi) is 5.62. The minimum atomic E-state index is 0.285. The van der Waals surface area contributed by atoms with Crippen LogP contribution in [0.1, 0.15) is 52.9 Å². The third-order valence-electron chi connectivity index (χ3n) is 3.41. The van der Waals surface area contributed by atoms with Gasteiger partial charge in [-0.2, -0.15) is 0 Å². The molecule has 2 saturated heterocycles. The van der Waals surface area contributed by atoms with Crippen LogP contribution in [0, 0.1) is 0 Å². The van der Waals surface area contributed by atoms with E-state index in [4.69, 9.17) is 4.74 Å². The van der Waals surface area contributed by atoms with E-state index in [9.17, 15) is 0 Å². The van der Waals surface area contributed by atoms with Crippen molar-refractivity contribution in [2.24, 2.45) is 0 Å². The van der Waals surface area contributed by atoms with Gasteiger partial charge in [0.05, 0.1) is 5.60 Å². The minimum Gasteiger partial charge on any atom is -0.374 e. The van der Waals surface area contributed by atoms with Crippen LogP contribution in [0.15, 0.2) is 0 Å². The van der Waals surface area contributed by atoms with Crippen molar-refractivity contribution < 1.29 is 4.74 Å². The van der Waals surface area contributed by atoms with Crippen LogP contribution in [0.25, 0.3) is 0 Å². The Morgan fingerprint density at radius 2 is 2.07 bits per heavy atom. The smallest absolute Gasteiger partial charge is 0.0821 e. The Balaban J connectivity index is 0.000000531. The summed E-state index contributed by atoms with van der Waals surface area (Å²) in [6.07, 6.45) is 6.51. The van der Waals surface area contributed by atoms with E-state index in [1.54, 1.807) is 0 Å². The molecule has 0 aliphatic carbocycles. The second-order valence-electron chi connectivity index (χ2n) is 4.51. The van der Waals surface area contributed by atoms with Gasteiger partial charge in [-0.25, -0.2) is 0 Å². The van der Waals surface area contributed by atoms with Gasteiger partial charge in [0.15, 0.2) is 0 Å². The Hall–Kier alpha value is -0.0800. The minimum absolute atomic E-state index is 0.285. The largest absolute Gasteiger partial charge is 0.374 e. The van der Waals surface area contributed by atoms with Crippen LogP contribution in [0.4, 0.5) is 0 Å². The maximum Gasteiger partial charge on any atom is 0.0821 e. The van der Waals surface area contributed by atoms with Crippen molar-refractivity contribution in [3.63, 3.8) is 0 Å². The third kappa shape index (κ3) is 3.46. The second kappa shape index (κ2) is 6.49. The van der Waals surface area contributed by atoms with Crippen LogP contribution in [0.5, 0.6) is 0 Å². The molecule has 2 nitrogen and oxygen atoms in total. The van der Waals surface area contributed by atoms with Crippen LogP contribution >= 0.6 is 0 Å². The van der Waals surface area contributed by atoms with Gasteiger partial charge in [0.1, 0.15) is 0 Å². The topological polar surface area (TPSA) is 12.5 Å². The summed E-state index contributed by atoms with van der Waals surface area (Å²) in [7, 11) is 0. The van der Waals surface area contributed by atoms with Crippen molar-refractivity contribution in [1.82, 2.24) is 4.90 Å².